The van der Waals surface area contributed by atoms with Gasteiger partial charge in [-0.25, -0.2) is 13.4 Å². The summed E-state index contributed by atoms with van der Waals surface area (Å²) in [7, 11) is -0.224. The number of benzene rings is 1. The van der Waals surface area contributed by atoms with Crippen molar-refractivity contribution in [2.24, 2.45) is 7.05 Å². The van der Waals surface area contributed by atoms with Crippen LogP contribution in [0.5, 0.6) is 5.75 Å². The minimum absolute atomic E-state index is 0.302. The Morgan fingerprint density at radius 1 is 1.00 bits per heavy atom. The van der Waals surface area contributed by atoms with Gasteiger partial charge in [-0.15, -0.1) is 0 Å². The highest BCUT2D eigenvalue weighted by Gasteiger charge is 2.33. The summed E-state index contributed by atoms with van der Waals surface area (Å²) in [6.07, 6.45) is 0. The molecule has 0 saturated carbocycles. The van der Waals surface area contributed by atoms with E-state index in [0.29, 0.717) is 54.2 Å². The maximum Gasteiger partial charge on any atom is 0.246 e. The van der Waals surface area contributed by atoms with Crippen LogP contribution in [0.3, 0.4) is 0 Å². The summed E-state index contributed by atoms with van der Waals surface area (Å²) in [6, 6.07) is 9.47. The number of hydrogen-bond acceptors (Lipinski definition) is 8. The molecule has 3 heterocycles. The number of aromatic nitrogens is 4. The molecule has 1 saturated heterocycles. The van der Waals surface area contributed by atoms with Crippen molar-refractivity contribution in [3.63, 3.8) is 0 Å². The largest absolute Gasteiger partial charge is 0.497 e. The number of piperazine rings is 1. The van der Waals surface area contributed by atoms with Crippen LogP contribution >= 0.6 is 0 Å². The van der Waals surface area contributed by atoms with Crippen LogP contribution in [0, 0.1) is 20.8 Å². The number of aryl methyl sites for hydroxylation is 3. The summed E-state index contributed by atoms with van der Waals surface area (Å²) in [5.74, 6) is 2.04. The molecule has 0 aliphatic carbocycles. The maximum absolute atomic E-state index is 13.2. The third-order valence-electron chi connectivity index (χ3n) is 5.77. The van der Waals surface area contributed by atoms with Crippen molar-refractivity contribution in [2.75, 3.05) is 43.5 Å². The molecular formula is C22H29N7O3S. The second-order valence-electron chi connectivity index (χ2n) is 8.06. The SMILES string of the molecule is COc1ccc(Nc2cc(C)nc(N3CCN(S(=O)(=O)c4c(C)nn(C)c4C)CC3)n2)cc1. The highest BCUT2D eigenvalue weighted by atomic mass is 32.2. The number of ether oxygens (including phenoxy) is 1. The molecule has 1 fully saturated rings. The van der Waals surface area contributed by atoms with E-state index in [2.05, 4.69) is 20.4 Å². The Labute approximate surface area is 194 Å². The Bertz CT molecular complexity index is 1250. The second kappa shape index (κ2) is 8.99. The average Bonchev–Trinajstić information content (AvgIpc) is 3.05. The molecule has 33 heavy (non-hydrogen) atoms. The van der Waals surface area contributed by atoms with E-state index < -0.39 is 10.0 Å². The summed E-state index contributed by atoms with van der Waals surface area (Å²) in [6.45, 7) is 7.14. The van der Waals surface area contributed by atoms with Gasteiger partial charge in [0, 0.05) is 50.7 Å². The van der Waals surface area contributed by atoms with E-state index in [-0.39, 0.29) is 0 Å². The number of sulfonamides is 1. The fourth-order valence-corrected chi connectivity index (χ4v) is 5.79. The lowest BCUT2D eigenvalue weighted by Crippen LogP contribution is -2.49. The van der Waals surface area contributed by atoms with Crippen molar-refractivity contribution in [3.8, 4) is 5.75 Å². The fourth-order valence-electron chi connectivity index (χ4n) is 3.97. The normalized spacial score (nSPS) is 15.0. The van der Waals surface area contributed by atoms with E-state index in [1.165, 1.54) is 4.31 Å². The van der Waals surface area contributed by atoms with Crippen molar-refractivity contribution in [3.05, 3.63) is 47.4 Å². The average molecular weight is 472 g/mol. The van der Waals surface area contributed by atoms with E-state index in [9.17, 15) is 8.42 Å². The smallest absolute Gasteiger partial charge is 0.246 e. The molecule has 4 rings (SSSR count). The minimum Gasteiger partial charge on any atom is -0.497 e. The van der Waals surface area contributed by atoms with Crippen LogP contribution in [0.15, 0.2) is 35.2 Å². The fraction of sp³-hybridized carbons (Fsp3) is 0.409. The first kappa shape index (κ1) is 23.0. The predicted octanol–water partition coefficient (Wildman–Crippen LogP) is 2.40. The number of nitrogens with one attached hydrogen (secondary N) is 1. The third-order valence-corrected chi connectivity index (χ3v) is 7.92. The van der Waals surface area contributed by atoms with Gasteiger partial charge in [0.05, 0.1) is 18.5 Å². The summed E-state index contributed by atoms with van der Waals surface area (Å²) in [4.78, 5) is 11.6. The third kappa shape index (κ3) is 4.64. The highest BCUT2D eigenvalue weighted by Crippen LogP contribution is 2.26. The zero-order valence-electron chi connectivity index (χ0n) is 19.5. The van der Waals surface area contributed by atoms with Crippen LogP contribution < -0.4 is 15.0 Å². The van der Waals surface area contributed by atoms with Crippen molar-refractivity contribution >= 4 is 27.5 Å². The first-order chi connectivity index (χ1) is 15.7. The Morgan fingerprint density at radius 2 is 1.67 bits per heavy atom. The monoisotopic (exact) mass is 471 g/mol. The van der Waals surface area contributed by atoms with Crippen molar-refractivity contribution < 1.29 is 13.2 Å². The van der Waals surface area contributed by atoms with Gasteiger partial charge in [0.15, 0.2) is 0 Å². The molecule has 1 aliphatic rings. The highest BCUT2D eigenvalue weighted by molar-refractivity contribution is 7.89. The Kier molecular flexibility index (Phi) is 6.26. The number of hydrogen-bond donors (Lipinski definition) is 1. The first-order valence-electron chi connectivity index (χ1n) is 10.7. The number of anilines is 3. The van der Waals surface area contributed by atoms with Gasteiger partial charge in [-0.2, -0.15) is 14.4 Å². The van der Waals surface area contributed by atoms with E-state index in [1.54, 1.807) is 32.7 Å². The minimum atomic E-state index is -3.61. The molecule has 2 aromatic heterocycles. The van der Waals surface area contributed by atoms with Crippen molar-refractivity contribution in [1.82, 2.24) is 24.1 Å². The van der Waals surface area contributed by atoms with Crippen LogP contribution in [0.25, 0.3) is 0 Å². The molecule has 1 N–H and O–H groups in total. The van der Waals surface area contributed by atoms with E-state index in [4.69, 9.17) is 4.74 Å². The molecule has 0 radical (unpaired) electrons. The molecule has 0 unspecified atom stereocenters. The Morgan fingerprint density at radius 3 is 2.24 bits per heavy atom. The van der Waals surface area contributed by atoms with Gasteiger partial charge in [-0.3, -0.25) is 4.68 Å². The predicted molar refractivity (Wildman–Crippen MR) is 127 cm³/mol. The van der Waals surface area contributed by atoms with Gasteiger partial charge in [-0.1, -0.05) is 0 Å². The van der Waals surface area contributed by atoms with Gasteiger partial charge in [-0.05, 0) is 45.0 Å². The lowest BCUT2D eigenvalue weighted by Gasteiger charge is -2.34. The van der Waals surface area contributed by atoms with Crippen LogP contribution in [0.1, 0.15) is 17.1 Å². The zero-order chi connectivity index (χ0) is 23.8. The summed E-state index contributed by atoms with van der Waals surface area (Å²) < 4.78 is 34.8. The summed E-state index contributed by atoms with van der Waals surface area (Å²) in [5, 5.41) is 7.56. The van der Waals surface area contributed by atoms with Crippen molar-refractivity contribution in [1.29, 1.82) is 0 Å². The van der Waals surface area contributed by atoms with Gasteiger partial charge in [0.1, 0.15) is 16.5 Å². The van der Waals surface area contributed by atoms with Crippen LogP contribution in [0.4, 0.5) is 17.5 Å². The molecule has 11 heteroatoms. The molecule has 10 nitrogen and oxygen atoms in total. The van der Waals surface area contributed by atoms with Gasteiger partial charge in [0.25, 0.3) is 0 Å². The molecule has 0 amide bonds. The lowest BCUT2D eigenvalue weighted by atomic mass is 10.3. The van der Waals surface area contributed by atoms with E-state index in [1.807, 2.05) is 42.2 Å². The van der Waals surface area contributed by atoms with Crippen LogP contribution in [-0.2, 0) is 17.1 Å². The zero-order valence-corrected chi connectivity index (χ0v) is 20.3. The molecule has 0 spiro atoms. The van der Waals surface area contributed by atoms with Gasteiger partial charge in [0.2, 0.25) is 16.0 Å². The van der Waals surface area contributed by atoms with E-state index >= 15 is 0 Å². The number of methoxy groups -OCH3 is 1. The number of nitrogens with zero attached hydrogens (tertiary/aromatic N) is 6. The lowest BCUT2D eigenvalue weighted by molar-refractivity contribution is 0.382. The van der Waals surface area contributed by atoms with Crippen LogP contribution in [0.2, 0.25) is 0 Å². The molecule has 0 bridgehead atoms. The van der Waals surface area contributed by atoms with Gasteiger partial charge >= 0.3 is 0 Å². The Balaban J connectivity index is 1.48. The maximum atomic E-state index is 13.2. The topological polar surface area (TPSA) is 105 Å². The summed E-state index contributed by atoms with van der Waals surface area (Å²) in [5.41, 5.74) is 2.88. The number of rotatable bonds is 6. The Hall–Kier alpha value is -3.18. The van der Waals surface area contributed by atoms with Gasteiger partial charge < -0.3 is 15.0 Å². The molecule has 0 atom stereocenters. The molecule has 176 valence electrons. The molecule has 1 aromatic carbocycles. The second-order valence-corrected chi connectivity index (χ2v) is 9.94. The molecule has 1 aliphatic heterocycles. The molecule has 3 aromatic rings. The quantitative estimate of drug-likeness (QED) is 0.584. The standard InChI is InChI=1S/C22H29N7O3S/c1-15-14-20(24-18-6-8-19(32-5)9-7-18)25-22(23-15)28-10-12-29(13-11-28)33(30,31)21-16(2)26-27(4)17(21)3/h6-9,14H,10-13H2,1-5H3,(H,23,24,25). The molecular weight excluding hydrogens is 442 g/mol. The first-order valence-corrected chi connectivity index (χ1v) is 12.1. The van der Waals surface area contributed by atoms with Crippen molar-refractivity contribution in [2.45, 2.75) is 25.7 Å². The van der Waals surface area contributed by atoms with E-state index in [0.717, 1.165) is 17.1 Å². The summed E-state index contributed by atoms with van der Waals surface area (Å²) >= 11 is 0. The van der Waals surface area contributed by atoms with Crippen LogP contribution in [-0.4, -0.2) is 65.8 Å².